The van der Waals surface area contributed by atoms with Gasteiger partial charge in [-0.15, -0.1) is 0 Å². The summed E-state index contributed by atoms with van der Waals surface area (Å²) in [6.07, 6.45) is 4.00. The lowest BCUT2D eigenvalue weighted by Crippen LogP contribution is -2.37. The zero-order valence-electron chi connectivity index (χ0n) is 9.45. The van der Waals surface area contributed by atoms with Crippen LogP contribution in [-0.4, -0.2) is 12.6 Å². The summed E-state index contributed by atoms with van der Waals surface area (Å²) in [6.45, 7) is 4.14. The van der Waals surface area contributed by atoms with Crippen LogP contribution in [0.5, 0.6) is 0 Å². The fraction of sp³-hybridized carbons (Fsp3) is 0.538. The number of nitrogens with zero attached hydrogens (tertiary/aromatic N) is 1. The molecule has 1 saturated heterocycles. The fourth-order valence-electron chi connectivity index (χ4n) is 2.34. The molecule has 0 aromatic heterocycles. The summed E-state index contributed by atoms with van der Waals surface area (Å²) < 4.78 is 0. The molecule has 1 aliphatic rings. The molecule has 2 N–H and O–H groups in total. The zero-order chi connectivity index (χ0) is 10.7. The minimum atomic E-state index is 0.635. The molecule has 2 nitrogen and oxygen atoms in total. The number of rotatable bonds is 2. The van der Waals surface area contributed by atoms with E-state index in [1.165, 1.54) is 37.1 Å². The standard InChI is InChI=1S/C13H20N2/c1-11-5-2-3-8-15(11)13-7-4-6-12(9-13)10-14/h4,6-7,9,11H,2-3,5,8,10,14H2,1H3. The number of piperidine rings is 1. The molecule has 0 amide bonds. The normalized spacial score (nSPS) is 21.7. The Kier molecular flexibility index (Phi) is 3.27. The van der Waals surface area contributed by atoms with Crippen molar-refractivity contribution in [1.82, 2.24) is 0 Å². The molecule has 15 heavy (non-hydrogen) atoms. The minimum absolute atomic E-state index is 0.635. The molecule has 2 rings (SSSR count). The average Bonchev–Trinajstić information content (AvgIpc) is 2.30. The highest BCUT2D eigenvalue weighted by atomic mass is 15.2. The Morgan fingerprint density at radius 3 is 3.00 bits per heavy atom. The van der Waals surface area contributed by atoms with Crippen LogP contribution in [0, 0.1) is 0 Å². The summed E-state index contributed by atoms with van der Waals surface area (Å²) >= 11 is 0. The van der Waals surface area contributed by atoms with E-state index in [0.717, 1.165) is 0 Å². The van der Waals surface area contributed by atoms with Gasteiger partial charge >= 0.3 is 0 Å². The molecule has 2 heteroatoms. The Balaban J connectivity index is 2.19. The average molecular weight is 204 g/mol. The first-order valence-corrected chi connectivity index (χ1v) is 5.87. The van der Waals surface area contributed by atoms with E-state index in [-0.39, 0.29) is 0 Å². The van der Waals surface area contributed by atoms with Crippen molar-refractivity contribution < 1.29 is 0 Å². The first-order chi connectivity index (χ1) is 7.31. The molecule has 0 bridgehead atoms. The van der Waals surface area contributed by atoms with E-state index in [1.54, 1.807) is 0 Å². The highest BCUT2D eigenvalue weighted by Gasteiger charge is 2.18. The minimum Gasteiger partial charge on any atom is -0.369 e. The molecule has 1 unspecified atom stereocenters. The third kappa shape index (κ3) is 2.32. The number of hydrogen-bond acceptors (Lipinski definition) is 2. The van der Waals surface area contributed by atoms with Crippen LogP contribution in [0.2, 0.25) is 0 Å². The van der Waals surface area contributed by atoms with E-state index in [4.69, 9.17) is 5.73 Å². The van der Waals surface area contributed by atoms with Gasteiger partial charge in [-0.1, -0.05) is 12.1 Å². The third-order valence-electron chi connectivity index (χ3n) is 3.28. The van der Waals surface area contributed by atoms with Crippen LogP contribution in [-0.2, 0) is 6.54 Å². The highest BCUT2D eigenvalue weighted by Crippen LogP contribution is 2.25. The lowest BCUT2D eigenvalue weighted by Gasteiger charge is -2.35. The largest absolute Gasteiger partial charge is 0.369 e. The zero-order valence-corrected chi connectivity index (χ0v) is 9.45. The molecule has 0 radical (unpaired) electrons. The molecule has 0 aliphatic carbocycles. The molecule has 1 aromatic rings. The van der Waals surface area contributed by atoms with Gasteiger partial charge in [0, 0.05) is 24.8 Å². The predicted molar refractivity (Wildman–Crippen MR) is 65.0 cm³/mol. The summed E-state index contributed by atoms with van der Waals surface area (Å²) in [5.74, 6) is 0. The molecule has 1 aliphatic heterocycles. The lowest BCUT2D eigenvalue weighted by molar-refractivity contribution is 0.485. The molecule has 0 saturated carbocycles. The molecule has 82 valence electrons. The van der Waals surface area contributed by atoms with Crippen molar-refractivity contribution in [2.75, 3.05) is 11.4 Å². The SMILES string of the molecule is CC1CCCCN1c1cccc(CN)c1. The maximum absolute atomic E-state index is 5.66. The highest BCUT2D eigenvalue weighted by molar-refractivity contribution is 5.49. The van der Waals surface area contributed by atoms with Crippen molar-refractivity contribution in [2.45, 2.75) is 38.8 Å². The molecule has 1 aromatic carbocycles. The third-order valence-corrected chi connectivity index (χ3v) is 3.28. The second kappa shape index (κ2) is 4.67. The molecule has 0 spiro atoms. The first-order valence-electron chi connectivity index (χ1n) is 5.87. The van der Waals surface area contributed by atoms with Gasteiger partial charge < -0.3 is 10.6 Å². The second-order valence-corrected chi connectivity index (χ2v) is 4.41. The topological polar surface area (TPSA) is 29.3 Å². The van der Waals surface area contributed by atoms with Crippen molar-refractivity contribution in [1.29, 1.82) is 0 Å². The van der Waals surface area contributed by atoms with Crippen molar-refractivity contribution in [2.24, 2.45) is 5.73 Å². The van der Waals surface area contributed by atoms with Gasteiger partial charge in [0.1, 0.15) is 0 Å². The van der Waals surface area contributed by atoms with Crippen LogP contribution in [0.3, 0.4) is 0 Å². The second-order valence-electron chi connectivity index (χ2n) is 4.41. The monoisotopic (exact) mass is 204 g/mol. The Labute approximate surface area is 92.1 Å². The Morgan fingerprint density at radius 2 is 2.27 bits per heavy atom. The number of benzene rings is 1. The van der Waals surface area contributed by atoms with Crippen LogP contribution < -0.4 is 10.6 Å². The van der Waals surface area contributed by atoms with Gasteiger partial charge in [0.05, 0.1) is 0 Å². The van der Waals surface area contributed by atoms with E-state index in [1.807, 2.05) is 0 Å². The number of anilines is 1. The van der Waals surface area contributed by atoms with Gasteiger partial charge in [-0.05, 0) is 43.9 Å². The van der Waals surface area contributed by atoms with E-state index in [2.05, 4.69) is 36.1 Å². The van der Waals surface area contributed by atoms with Gasteiger partial charge in [0.25, 0.3) is 0 Å². The smallest absolute Gasteiger partial charge is 0.0371 e. The van der Waals surface area contributed by atoms with Gasteiger partial charge in [0.15, 0.2) is 0 Å². The van der Waals surface area contributed by atoms with Crippen LogP contribution >= 0.6 is 0 Å². The first kappa shape index (κ1) is 10.5. The van der Waals surface area contributed by atoms with Crippen LogP contribution in [0.4, 0.5) is 5.69 Å². The summed E-state index contributed by atoms with van der Waals surface area (Å²) in [5, 5.41) is 0. The molecular formula is C13H20N2. The lowest BCUT2D eigenvalue weighted by atomic mass is 10.0. The summed E-state index contributed by atoms with van der Waals surface area (Å²) in [4.78, 5) is 2.50. The molecule has 1 fully saturated rings. The number of nitrogens with two attached hydrogens (primary N) is 1. The van der Waals surface area contributed by atoms with Crippen molar-refractivity contribution in [3.63, 3.8) is 0 Å². The van der Waals surface area contributed by atoms with Gasteiger partial charge in [0.2, 0.25) is 0 Å². The maximum Gasteiger partial charge on any atom is 0.0371 e. The van der Waals surface area contributed by atoms with Gasteiger partial charge in [-0.3, -0.25) is 0 Å². The van der Waals surface area contributed by atoms with Crippen molar-refractivity contribution in [3.05, 3.63) is 29.8 Å². The van der Waals surface area contributed by atoms with Gasteiger partial charge in [-0.25, -0.2) is 0 Å². The van der Waals surface area contributed by atoms with E-state index < -0.39 is 0 Å². The maximum atomic E-state index is 5.66. The van der Waals surface area contributed by atoms with Gasteiger partial charge in [-0.2, -0.15) is 0 Å². The molecular weight excluding hydrogens is 184 g/mol. The van der Waals surface area contributed by atoms with E-state index >= 15 is 0 Å². The van der Waals surface area contributed by atoms with E-state index in [9.17, 15) is 0 Å². The number of hydrogen-bond donors (Lipinski definition) is 1. The summed E-state index contributed by atoms with van der Waals surface area (Å²) in [5.41, 5.74) is 8.23. The van der Waals surface area contributed by atoms with Crippen molar-refractivity contribution >= 4 is 5.69 Å². The fourth-order valence-corrected chi connectivity index (χ4v) is 2.34. The molecule has 1 atom stereocenters. The summed E-state index contributed by atoms with van der Waals surface area (Å²) in [7, 11) is 0. The van der Waals surface area contributed by atoms with Crippen LogP contribution in [0.15, 0.2) is 24.3 Å². The Bertz CT molecular complexity index is 322. The van der Waals surface area contributed by atoms with Crippen LogP contribution in [0.25, 0.3) is 0 Å². The quantitative estimate of drug-likeness (QED) is 0.802. The Morgan fingerprint density at radius 1 is 1.40 bits per heavy atom. The Hall–Kier alpha value is -1.02. The van der Waals surface area contributed by atoms with E-state index in [0.29, 0.717) is 12.6 Å². The molecule has 1 heterocycles. The predicted octanol–water partition coefficient (Wildman–Crippen LogP) is 2.52. The van der Waals surface area contributed by atoms with Crippen molar-refractivity contribution in [3.8, 4) is 0 Å². The summed E-state index contributed by atoms with van der Waals surface area (Å²) in [6, 6.07) is 9.30. The van der Waals surface area contributed by atoms with Crippen LogP contribution in [0.1, 0.15) is 31.7 Å².